The molecule has 0 aliphatic carbocycles. The smallest absolute Gasteiger partial charge is 0.234 e. The molecular weight excluding hydrogens is 442 g/mol. The van der Waals surface area contributed by atoms with Crippen molar-refractivity contribution < 1.29 is 14.3 Å². The maximum absolute atomic E-state index is 12.3. The minimum absolute atomic E-state index is 0.129. The van der Waals surface area contributed by atoms with E-state index in [1.165, 1.54) is 23.1 Å². The molecule has 2 N–H and O–H groups in total. The number of ether oxygens (including phenoxy) is 1. The van der Waals surface area contributed by atoms with Gasteiger partial charge in [-0.15, -0.1) is 11.3 Å². The number of nitrogens with one attached hydrogen (secondary N) is 2. The second kappa shape index (κ2) is 10.5. The van der Waals surface area contributed by atoms with Crippen molar-refractivity contribution in [3.05, 3.63) is 64.1 Å². The third-order valence-electron chi connectivity index (χ3n) is 4.11. The highest BCUT2D eigenvalue weighted by Crippen LogP contribution is 2.25. The zero-order valence-electron chi connectivity index (χ0n) is 16.4. The number of hydrogen-bond acceptors (Lipinski definition) is 6. The predicted molar refractivity (Wildman–Crippen MR) is 123 cm³/mol. The van der Waals surface area contributed by atoms with Gasteiger partial charge >= 0.3 is 0 Å². The van der Waals surface area contributed by atoms with Crippen LogP contribution in [0.15, 0.2) is 52.2 Å². The van der Waals surface area contributed by atoms with E-state index in [9.17, 15) is 9.59 Å². The number of carbonyl (C=O) groups is 2. The Hall–Kier alpha value is -2.55. The summed E-state index contributed by atoms with van der Waals surface area (Å²) in [5.74, 6) is 0.662. The van der Waals surface area contributed by atoms with Gasteiger partial charge in [0, 0.05) is 21.8 Å². The number of nitrogens with zero attached hydrogens (tertiary/aromatic N) is 1. The molecule has 1 aromatic heterocycles. The second-order valence-electron chi connectivity index (χ2n) is 6.31. The Morgan fingerprint density at radius 3 is 2.63 bits per heavy atom. The average molecular weight is 462 g/mol. The number of thiazole rings is 1. The van der Waals surface area contributed by atoms with Gasteiger partial charge in [0.25, 0.3) is 0 Å². The normalized spacial score (nSPS) is 10.5. The first-order valence-electron chi connectivity index (χ1n) is 9.00. The van der Waals surface area contributed by atoms with Gasteiger partial charge < -0.3 is 15.4 Å². The number of thioether (sulfide) groups is 1. The van der Waals surface area contributed by atoms with Crippen LogP contribution in [0.2, 0.25) is 5.02 Å². The van der Waals surface area contributed by atoms with E-state index in [1.54, 1.807) is 43.5 Å². The van der Waals surface area contributed by atoms with Crippen molar-refractivity contribution in [2.45, 2.75) is 17.7 Å². The second-order valence-corrected chi connectivity index (χ2v) is 8.80. The molecule has 9 heteroatoms. The summed E-state index contributed by atoms with van der Waals surface area (Å²) in [4.78, 5) is 28.9. The Bertz CT molecular complexity index is 1040. The van der Waals surface area contributed by atoms with Crippen LogP contribution in [-0.4, -0.2) is 29.7 Å². The van der Waals surface area contributed by atoms with Crippen LogP contribution in [0.4, 0.5) is 11.4 Å². The molecule has 3 rings (SSSR count). The minimum Gasteiger partial charge on any atom is -0.497 e. The first-order chi connectivity index (χ1) is 14.4. The number of aromatic nitrogens is 1. The van der Waals surface area contributed by atoms with E-state index in [1.807, 2.05) is 18.4 Å². The molecule has 0 atom stereocenters. The molecule has 2 amide bonds. The molecule has 0 saturated heterocycles. The summed E-state index contributed by atoms with van der Waals surface area (Å²) in [5, 5.41) is 8.11. The van der Waals surface area contributed by atoms with Gasteiger partial charge in [-0.1, -0.05) is 29.4 Å². The lowest BCUT2D eigenvalue weighted by Crippen LogP contribution is -2.15. The molecular formula is C21H20ClN3O3S2. The summed E-state index contributed by atoms with van der Waals surface area (Å²) in [7, 11) is 1.59. The largest absolute Gasteiger partial charge is 0.497 e. The molecule has 1 heterocycles. The maximum Gasteiger partial charge on any atom is 0.234 e. The van der Waals surface area contributed by atoms with Crippen LogP contribution in [0, 0.1) is 6.92 Å². The van der Waals surface area contributed by atoms with Gasteiger partial charge in [-0.05, 0) is 48.9 Å². The first-order valence-corrected chi connectivity index (χ1v) is 11.2. The quantitative estimate of drug-likeness (QED) is 0.460. The highest BCUT2D eigenvalue weighted by Gasteiger charge is 2.12. The van der Waals surface area contributed by atoms with Crippen LogP contribution in [0.1, 0.15) is 11.3 Å². The molecule has 0 radical (unpaired) electrons. The molecule has 3 aromatic rings. The lowest BCUT2D eigenvalue weighted by atomic mass is 10.2. The van der Waals surface area contributed by atoms with Crippen molar-refractivity contribution >= 4 is 57.9 Å². The number of methoxy groups -OCH3 is 1. The van der Waals surface area contributed by atoms with Crippen molar-refractivity contribution in [2.75, 3.05) is 23.5 Å². The molecule has 156 valence electrons. The van der Waals surface area contributed by atoms with Crippen molar-refractivity contribution in [1.82, 2.24) is 4.98 Å². The molecule has 0 aliphatic rings. The summed E-state index contributed by atoms with van der Waals surface area (Å²) in [5.41, 5.74) is 2.88. The van der Waals surface area contributed by atoms with Gasteiger partial charge in [0.15, 0.2) is 4.34 Å². The average Bonchev–Trinajstić information content (AvgIpc) is 3.17. The summed E-state index contributed by atoms with van der Waals surface area (Å²) >= 11 is 8.83. The molecule has 0 bridgehead atoms. The third kappa shape index (κ3) is 6.22. The van der Waals surface area contributed by atoms with E-state index in [4.69, 9.17) is 16.3 Å². The summed E-state index contributed by atoms with van der Waals surface area (Å²) in [6.07, 6.45) is 0.154. The fourth-order valence-electron chi connectivity index (χ4n) is 2.54. The minimum atomic E-state index is -0.167. The fraction of sp³-hybridized carbons (Fsp3) is 0.190. The SMILES string of the molecule is COc1ccc(NC(=O)CSc2nc(CC(=O)Nc3cccc(Cl)c3C)cs2)cc1. The molecule has 30 heavy (non-hydrogen) atoms. The Morgan fingerprint density at radius 2 is 1.90 bits per heavy atom. The van der Waals surface area contributed by atoms with E-state index in [2.05, 4.69) is 15.6 Å². The van der Waals surface area contributed by atoms with Crippen LogP contribution in [-0.2, 0) is 16.0 Å². The summed E-state index contributed by atoms with van der Waals surface area (Å²) in [6.45, 7) is 1.85. The van der Waals surface area contributed by atoms with E-state index in [0.29, 0.717) is 22.1 Å². The molecule has 0 fully saturated rings. The van der Waals surface area contributed by atoms with Crippen molar-refractivity contribution in [3.8, 4) is 5.75 Å². The number of hydrogen-bond donors (Lipinski definition) is 2. The number of halogens is 1. The van der Waals surface area contributed by atoms with Crippen LogP contribution in [0.25, 0.3) is 0 Å². The Morgan fingerprint density at radius 1 is 1.13 bits per heavy atom. The Balaban J connectivity index is 1.47. The van der Waals surface area contributed by atoms with Crippen molar-refractivity contribution in [2.24, 2.45) is 0 Å². The zero-order valence-corrected chi connectivity index (χ0v) is 18.8. The van der Waals surface area contributed by atoms with Crippen LogP contribution in [0.3, 0.4) is 0 Å². The lowest BCUT2D eigenvalue weighted by molar-refractivity contribution is -0.116. The highest BCUT2D eigenvalue weighted by atomic mass is 35.5. The third-order valence-corrected chi connectivity index (χ3v) is 6.59. The van der Waals surface area contributed by atoms with E-state index in [0.717, 1.165) is 15.7 Å². The topological polar surface area (TPSA) is 80.3 Å². The number of amides is 2. The highest BCUT2D eigenvalue weighted by molar-refractivity contribution is 8.01. The lowest BCUT2D eigenvalue weighted by Gasteiger charge is -2.08. The van der Waals surface area contributed by atoms with Gasteiger partial charge in [-0.3, -0.25) is 9.59 Å². The van der Waals surface area contributed by atoms with E-state index in [-0.39, 0.29) is 24.0 Å². The van der Waals surface area contributed by atoms with Crippen molar-refractivity contribution in [1.29, 1.82) is 0 Å². The molecule has 0 unspecified atom stereocenters. The van der Waals surface area contributed by atoms with Gasteiger partial charge in [-0.25, -0.2) is 4.98 Å². The van der Waals surface area contributed by atoms with Crippen LogP contribution in [0.5, 0.6) is 5.75 Å². The van der Waals surface area contributed by atoms with E-state index >= 15 is 0 Å². The Kier molecular flexibility index (Phi) is 7.73. The van der Waals surface area contributed by atoms with E-state index < -0.39 is 0 Å². The first kappa shape index (κ1) is 22.1. The predicted octanol–water partition coefficient (Wildman–Crippen LogP) is 5.03. The molecule has 2 aromatic carbocycles. The van der Waals surface area contributed by atoms with Gasteiger partial charge in [0.05, 0.1) is 25.0 Å². The molecule has 0 spiro atoms. The fourth-order valence-corrected chi connectivity index (χ4v) is 4.36. The van der Waals surface area contributed by atoms with Crippen LogP contribution < -0.4 is 15.4 Å². The van der Waals surface area contributed by atoms with Gasteiger partial charge in [-0.2, -0.15) is 0 Å². The standard InChI is InChI=1S/C21H20ClN3O3S2/c1-13-17(22)4-3-5-18(13)25-19(26)10-15-11-29-21(24-15)30-12-20(27)23-14-6-8-16(28-2)9-7-14/h3-9,11H,10,12H2,1-2H3,(H,23,27)(H,25,26). The zero-order chi connectivity index (χ0) is 21.5. The summed E-state index contributed by atoms with van der Waals surface area (Å²) in [6, 6.07) is 12.5. The monoisotopic (exact) mass is 461 g/mol. The van der Waals surface area contributed by atoms with Crippen molar-refractivity contribution in [3.63, 3.8) is 0 Å². The van der Waals surface area contributed by atoms with Gasteiger partial charge in [0.1, 0.15) is 5.75 Å². The summed E-state index contributed by atoms with van der Waals surface area (Å²) < 4.78 is 5.83. The number of rotatable bonds is 8. The molecule has 6 nitrogen and oxygen atoms in total. The molecule has 0 saturated carbocycles. The van der Waals surface area contributed by atoms with Crippen LogP contribution >= 0.6 is 34.7 Å². The number of carbonyl (C=O) groups excluding carboxylic acids is 2. The molecule has 0 aliphatic heterocycles. The maximum atomic E-state index is 12.3. The Labute approximate surface area is 188 Å². The number of anilines is 2. The number of benzene rings is 2. The van der Waals surface area contributed by atoms with Gasteiger partial charge in [0.2, 0.25) is 11.8 Å².